The Morgan fingerprint density at radius 3 is 2.67 bits per heavy atom. The Balaban J connectivity index is 1.89. The normalized spacial score (nSPS) is 24.5. The molecule has 150 valence electrons. The second-order valence-electron chi connectivity index (χ2n) is 9.67. The van der Waals surface area contributed by atoms with Gasteiger partial charge in [0.1, 0.15) is 5.52 Å². The fourth-order valence-electron chi connectivity index (χ4n) is 4.56. The summed E-state index contributed by atoms with van der Waals surface area (Å²) in [4.78, 5) is 9.70. The lowest BCUT2D eigenvalue weighted by Gasteiger charge is -2.28. The van der Waals surface area contributed by atoms with Crippen LogP contribution in [0.15, 0.2) is 12.3 Å². The standard InChI is InChI=1S/C22H36N4O/c1-14(2)10-15-8-7-9-16(24-19(15)13-27)18-12-23-17-11-20(22(3,4)5)26(6)21(17)25-18/h11-12,14-16,19,24,27H,7-10,13H2,1-6H3/t15-,16+,19-/m0/s1. The number of aliphatic hydroxyl groups excluding tert-OH is 1. The highest BCUT2D eigenvalue weighted by Crippen LogP contribution is 2.32. The fraction of sp³-hybridized carbons (Fsp3) is 0.727. The summed E-state index contributed by atoms with van der Waals surface area (Å²) >= 11 is 0. The van der Waals surface area contributed by atoms with Crippen LogP contribution in [0.3, 0.4) is 0 Å². The molecule has 3 atom stereocenters. The minimum absolute atomic E-state index is 0.0594. The highest BCUT2D eigenvalue weighted by atomic mass is 16.3. The average Bonchev–Trinajstić information content (AvgIpc) is 2.80. The third-order valence-corrected chi connectivity index (χ3v) is 5.90. The first-order valence-corrected chi connectivity index (χ1v) is 10.4. The quantitative estimate of drug-likeness (QED) is 0.848. The molecular formula is C22H36N4O. The van der Waals surface area contributed by atoms with Gasteiger partial charge in [-0.15, -0.1) is 0 Å². The molecule has 0 saturated carbocycles. The van der Waals surface area contributed by atoms with Crippen molar-refractivity contribution in [1.82, 2.24) is 19.9 Å². The van der Waals surface area contributed by atoms with E-state index in [4.69, 9.17) is 9.97 Å². The van der Waals surface area contributed by atoms with Gasteiger partial charge in [0, 0.05) is 24.2 Å². The SMILES string of the molecule is CC(C)C[C@@H]1CCC[C@H](c2cnc3cc(C(C)(C)C)n(C)c3n2)N[C@H]1CO. The number of fused-ring (bicyclic) bond motifs is 1. The van der Waals surface area contributed by atoms with Gasteiger partial charge in [-0.05, 0) is 37.2 Å². The van der Waals surface area contributed by atoms with Crippen LogP contribution in [-0.2, 0) is 12.5 Å². The van der Waals surface area contributed by atoms with Crippen LogP contribution in [0, 0.1) is 11.8 Å². The van der Waals surface area contributed by atoms with Crippen molar-refractivity contribution in [3.05, 3.63) is 23.7 Å². The maximum atomic E-state index is 9.97. The summed E-state index contributed by atoms with van der Waals surface area (Å²) in [6.45, 7) is 11.4. The molecule has 27 heavy (non-hydrogen) atoms. The summed E-state index contributed by atoms with van der Waals surface area (Å²) in [6.07, 6.45) is 6.44. The van der Waals surface area contributed by atoms with E-state index < -0.39 is 0 Å². The van der Waals surface area contributed by atoms with Gasteiger partial charge in [-0.25, -0.2) is 4.98 Å². The number of nitrogens with one attached hydrogen (secondary N) is 1. The van der Waals surface area contributed by atoms with Crippen LogP contribution in [0.1, 0.15) is 77.7 Å². The van der Waals surface area contributed by atoms with E-state index in [9.17, 15) is 5.11 Å². The topological polar surface area (TPSA) is 63.0 Å². The second-order valence-corrected chi connectivity index (χ2v) is 9.67. The number of hydrogen-bond acceptors (Lipinski definition) is 4. The Bertz CT molecular complexity index is 774. The Morgan fingerprint density at radius 1 is 1.30 bits per heavy atom. The number of rotatable bonds is 4. The van der Waals surface area contributed by atoms with Crippen molar-refractivity contribution in [2.45, 2.75) is 77.8 Å². The maximum Gasteiger partial charge on any atom is 0.158 e. The molecule has 1 saturated heterocycles. The molecular weight excluding hydrogens is 336 g/mol. The first-order valence-electron chi connectivity index (χ1n) is 10.4. The molecule has 2 aromatic rings. The maximum absolute atomic E-state index is 9.97. The molecule has 0 aliphatic carbocycles. The lowest BCUT2D eigenvalue weighted by atomic mass is 9.88. The van der Waals surface area contributed by atoms with Crippen molar-refractivity contribution in [3.63, 3.8) is 0 Å². The zero-order valence-corrected chi connectivity index (χ0v) is 17.8. The van der Waals surface area contributed by atoms with Crippen molar-refractivity contribution < 1.29 is 5.11 Å². The van der Waals surface area contributed by atoms with Crippen molar-refractivity contribution in [1.29, 1.82) is 0 Å². The van der Waals surface area contributed by atoms with Gasteiger partial charge in [0.05, 0.1) is 24.5 Å². The summed E-state index contributed by atoms with van der Waals surface area (Å²) in [5.41, 5.74) is 4.20. The van der Waals surface area contributed by atoms with E-state index in [-0.39, 0.29) is 24.1 Å². The van der Waals surface area contributed by atoms with Crippen molar-refractivity contribution in [3.8, 4) is 0 Å². The van der Waals surface area contributed by atoms with Crippen molar-refractivity contribution in [2.75, 3.05) is 6.61 Å². The summed E-state index contributed by atoms with van der Waals surface area (Å²) in [7, 11) is 2.08. The summed E-state index contributed by atoms with van der Waals surface area (Å²) in [5.74, 6) is 1.18. The second kappa shape index (κ2) is 7.88. The van der Waals surface area contributed by atoms with Gasteiger partial charge in [0.2, 0.25) is 0 Å². The van der Waals surface area contributed by atoms with E-state index in [0.717, 1.165) is 36.1 Å². The predicted octanol–water partition coefficient (Wildman–Crippen LogP) is 4.10. The van der Waals surface area contributed by atoms with Crippen LogP contribution in [0.25, 0.3) is 11.2 Å². The van der Waals surface area contributed by atoms with E-state index in [1.165, 1.54) is 12.1 Å². The Morgan fingerprint density at radius 2 is 2.04 bits per heavy atom. The zero-order chi connectivity index (χ0) is 19.8. The molecule has 5 heteroatoms. The van der Waals surface area contributed by atoms with Crippen molar-refractivity contribution >= 4 is 11.2 Å². The first kappa shape index (κ1) is 20.3. The van der Waals surface area contributed by atoms with Gasteiger partial charge in [0.15, 0.2) is 5.65 Å². The van der Waals surface area contributed by atoms with Crippen LogP contribution in [0.2, 0.25) is 0 Å². The molecule has 3 rings (SSSR count). The Labute approximate surface area is 163 Å². The van der Waals surface area contributed by atoms with Crippen LogP contribution in [0.4, 0.5) is 0 Å². The van der Waals surface area contributed by atoms with E-state index in [0.29, 0.717) is 11.8 Å². The van der Waals surface area contributed by atoms with E-state index in [2.05, 4.69) is 57.6 Å². The smallest absolute Gasteiger partial charge is 0.158 e. The van der Waals surface area contributed by atoms with Crippen LogP contribution in [-0.4, -0.2) is 32.3 Å². The molecule has 0 amide bonds. The van der Waals surface area contributed by atoms with Crippen LogP contribution < -0.4 is 5.32 Å². The number of hydrogen-bond donors (Lipinski definition) is 2. The molecule has 5 nitrogen and oxygen atoms in total. The highest BCUT2D eigenvalue weighted by Gasteiger charge is 2.29. The zero-order valence-electron chi connectivity index (χ0n) is 17.8. The molecule has 1 aliphatic rings. The fourth-order valence-corrected chi connectivity index (χ4v) is 4.56. The molecule has 0 bridgehead atoms. The monoisotopic (exact) mass is 372 g/mol. The van der Waals surface area contributed by atoms with Gasteiger partial charge in [-0.1, -0.05) is 41.0 Å². The molecule has 2 aromatic heterocycles. The minimum Gasteiger partial charge on any atom is -0.395 e. The van der Waals surface area contributed by atoms with Crippen LogP contribution in [0.5, 0.6) is 0 Å². The largest absolute Gasteiger partial charge is 0.395 e. The molecule has 3 heterocycles. The molecule has 2 N–H and O–H groups in total. The molecule has 1 aliphatic heterocycles. The molecule has 0 spiro atoms. The third kappa shape index (κ3) is 4.35. The third-order valence-electron chi connectivity index (χ3n) is 5.90. The van der Waals surface area contributed by atoms with Gasteiger partial charge in [-0.2, -0.15) is 0 Å². The average molecular weight is 373 g/mol. The summed E-state index contributed by atoms with van der Waals surface area (Å²) in [6, 6.07) is 2.45. The number of aryl methyl sites for hydroxylation is 1. The van der Waals surface area contributed by atoms with E-state index >= 15 is 0 Å². The van der Waals surface area contributed by atoms with Gasteiger partial charge < -0.3 is 15.0 Å². The molecule has 1 fully saturated rings. The highest BCUT2D eigenvalue weighted by molar-refractivity contribution is 5.73. The first-order chi connectivity index (χ1) is 12.7. The van der Waals surface area contributed by atoms with Gasteiger partial charge in [0.25, 0.3) is 0 Å². The molecule has 0 unspecified atom stereocenters. The van der Waals surface area contributed by atoms with Crippen molar-refractivity contribution in [2.24, 2.45) is 18.9 Å². The van der Waals surface area contributed by atoms with Gasteiger partial charge >= 0.3 is 0 Å². The molecule has 0 radical (unpaired) electrons. The lowest BCUT2D eigenvalue weighted by Crippen LogP contribution is -2.40. The summed E-state index contributed by atoms with van der Waals surface area (Å²) < 4.78 is 2.17. The lowest BCUT2D eigenvalue weighted by molar-refractivity contribution is 0.178. The summed E-state index contributed by atoms with van der Waals surface area (Å²) in [5, 5.41) is 13.7. The van der Waals surface area contributed by atoms with E-state index in [1.54, 1.807) is 0 Å². The number of nitrogens with zero attached hydrogens (tertiary/aromatic N) is 3. The van der Waals surface area contributed by atoms with Crippen LogP contribution >= 0.6 is 0 Å². The number of aromatic nitrogens is 3. The predicted molar refractivity (Wildman–Crippen MR) is 111 cm³/mol. The minimum atomic E-state index is 0.0594. The number of aliphatic hydroxyl groups is 1. The molecule has 0 aromatic carbocycles. The Kier molecular flexibility index (Phi) is 5.92. The van der Waals surface area contributed by atoms with Gasteiger partial charge in [-0.3, -0.25) is 4.98 Å². The Hall–Kier alpha value is -1.46. The van der Waals surface area contributed by atoms with E-state index in [1.807, 2.05) is 6.20 Å².